The summed E-state index contributed by atoms with van der Waals surface area (Å²) in [5.41, 5.74) is 4.69. The number of rotatable bonds is 8. The smallest absolute Gasteiger partial charge is 0.0598 e. The zero-order valence-corrected chi connectivity index (χ0v) is 17.8. The van der Waals surface area contributed by atoms with Crippen LogP contribution in [0.5, 0.6) is 0 Å². The second-order valence-corrected chi connectivity index (χ2v) is 7.99. The molecule has 0 amide bonds. The Hall–Kier alpha value is -3.20. The van der Waals surface area contributed by atoms with E-state index in [9.17, 15) is 5.11 Å². The van der Waals surface area contributed by atoms with Crippen LogP contribution in [0.2, 0.25) is 0 Å². The lowest BCUT2D eigenvalue weighted by Crippen LogP contribution is -2.35. The normalized spacial score (nSPS) is 14.2. The molecule has 4 rings (SSSR count). The molecule has 2 nitrogen and oxygen atoms in total. The van der Waals surface area contributed by atoms with Gasteiger partial charge in [0.2, 0.25) is 0 Å². The van der Waals surface area contributed by atoms with Crippen LogP contribution in [0.15, 0.2) is 121 Å². The number of aliphatic hydroxyl groups is 1. The van der Waals surface area contributed by atoms with Crippen molar-refractivity contribution in [3.05, 3.63) is 144 Å². The summed E-state index contributed by atoms with van der Waals surface area (Å²) in [6, 6.07) is 41.7. The molecule has 0 heterocycles. The molecule has 2 heteroatoms. The van der Waals surface area contributed by atoms with Gasteiger partial charge in [-0.1, -0.05) is 121 Å². The molecule has 2 N–H and O–H groups in total. The van der Waals surface area contributed by atoms with E-state index in [4.69, 9.17) is 0 Å². The summed E-state index contributed by atoms with van der Waals surface area (Å²) in [7, 11) is 0. The molecule has 0 radical (unpaired) electrons. The quantitative estimate of drug-likeness (QED) is 0.361. The first kappa shape index (κ1) is 21.0. The summed E-state index contributed by atoms with van der Waals surface area (Å²) in [5, 5.41) is 14.8. The molecule has 156 valence electrons. The Morgan fingerprint density at radius 1 is 0.516 bits per heavy atom. The fraction of sp³-hybridized carbons (Fsp3) is 0.172. The van der Waals surface area contributed by atoms with Crippen LogP contribution in [0.1, 0.15) is 47.2 Å². The van der Waals surface area contributed by atoms with Gasteiger partial charge in [-0.15, -0.1) is 0 Å². The van der Waals surface area contributed by atoms with E-state index in [1.807, 2.05) is 43.3 Å². The van der Waals surface area contributed by atoms with Crippen LogP contribution < -0.4 is 5.32 Å². The Morgan fingerprint density at radius 3 is 1.26 bits per heavy atom. The van der Waals surface area contributed by atoms with Gasteiger partial charge in [-0.2, -0.15) is 0 Å². The van der Waals surface area contributed by atoms with E-state index in [1.54, 1.807) is 0 Å². The summed E-state index contributed by atoms with van der Waals surface area (Å²) in [6.45, 7) is 1.88. The van der Waals surface area contributed by atoms with Crippen LogP contribution in [-0.2, 0) is 0 Å². The maximum atomic E-state index is 10.9. The van der Waals surface area contributed by atoms with E-state index in [1.165, 1.54) is 11.1 Å². The van der Waals surface area contributed by atoms with Crippen molar-refractivity contribution in [3.8, 4) is 0 Å². The Morgan fingerprint density at radius 2 is 0.871 bits per heavy atom. The van der Waals surface area contributed by atoms with E-state index < -0.39 is 6.10 Å². The molecule has 31 heavy (non-hydrogen) atoms. The van der Waals surface area contributed by atoms with Gasteiger partial charge in [-0.05, 0) is 29.2 Å². The molecule has 0 spiro atoms. The lowest BCUT2D eigenvalue weighted by molar-refractivity contribution is 0.138. The van der Waals surface area contributed by atoms with E-state index in [2.05, 4.69) is 90.2 Å². The minimum Gasteiger partial charge on any atom is -0.393 e. The molecule has 0 aliphatic heterocycles. The fourth-order valence-corrected chi connectivity index (χ4v) is 4.35. The van der Waals surface area contributed by atoms with Crippen molar-refractivity contribution in [1.29, 1.82) is 0 Å². The van der Waals surface area contributed by atoms with E-state index >= 15 is 0 Å². The second kappa shape index (κ2) is 10.2. The minimum absolute atomic E-state index is 0.00225. The first-order chi connectivity index (χ1) is 15.2. The Kier molecular flexibility index (Phi) is 6.93. The Labute approximate surface area is 185 Å². The highest BCUT2D eigenvalue weighted by molar-refractivity contribution is 5.35. The van der Waals surface area contributed by atoms with E-state index in [0.717, 1.165) is 11.1 Å². The predicted molar refractivity (Wildman–Crippen MR) is 128 cm³/mol. The molecule has 0 aliphatic carbocycles. The van der Waals surface area contributed by atoms with Crippen molar-refractivity contribution in [2.24, 2.45) is 0 Å². The Balaban J connectivity index is 1.81. The highest BCUT2D eigenvalue weighted by Gasteiger charge is 2.31. The number of hydrogen-bond donors (Lipinski definition) is 2. The Bertz CT molecular complexity index is 994. The van der Waals surface area contributed by atoms with Gasteiger partial charge < -0.3 is 5.11 Å². The molecule has 4 aromatic carbocycles. The average Bonchev–Trinajstić information content (AvgIpc) is 2.83. The molecule has 0 saturated carbocycles. The molecule has 0 saturated heterocycles. The van der Waals surface area contributed by atoms with Crippen molar-refractivity contribution in [3.63, 3.8) is 0 Å². The standard InChI is InChI=1S/C29H29NO/c1-22(31)27(23-14-6-2-7-15-23)29(26-20-12-5-13-21-26)30-28(24-16-8-3-9-17-24)25-18-10-4-11-19-25/h2-22,27-31H,1H3/t22-,27-,29-/m0/s1. The highest BCUT2D eigenvalue weighted by atomic mass is 16.3. The monoisotopic (exact) mass is 407 g/mol. The third kappa shape index (κ3) is 5.11. The van der Waals surface area contributed by atoms with Gasteiger partial charge in [0.15, 0.2) is 0 Å². The lowest BCUT2D eigenvalue weighted by Gasteiger charge is -2.35. The van der Waals surface area contributed by atoms with Gasteiger partial charge in [0.05, 0.1) is 12.1 Å². The lowest BCUT2D eigenvalue weighted by atomic mass is 9.82. The van der Waals surface area contributed by atoms with Crippen LogP contribution in [0.25, 0.3) is 0 Å². The van der Waals surface area contributed by atoms with Gasteiger partial charge in [0.25, 0.3) is 0 Å². The molecule has 0 bridgehead atoms. The summed E-state index contributed by atoms with van der Waals surface area (Å²) in [5.74, 6) is -0.0986. The second-order valence-electron chi connectivity index (χ2n) is 7.99. The predicted octanol–water partition coefficient (Wildman–Crippen LogP) is 6.27. The van der Waals surface area contributed by atoms with Gasteiger partial charge in [-0.25, -0.2) is 0 Å². The van der Waals surface area contributed by atoms with Crippen LogP contribution in [0, 0.1) is 0 Å². The number of aliphatic hydroxyl groups excluding tert-OH is 1. The zero-order chi connectivity index (χ0) is 21.5. The summed E-state index contributed by atoms with van der Waals surface area (Å²) >= 11 is 0. The molecule has 4 aromatic rings. The molecule has 3 atom stereocenters. The maximum absolute atomic E-state index is 10.9. The molecular formula is C29H29NO. The van der Waals surface area contributed by atoms with Crippen LogP contribution in [0.3, 0.4) is 0 Å². The molecule has 0 unspecified atom stereocenters. The topological polar surface area (TPSA) is 32.3 Å². The van der Waals surface area contributed by atoms with E-state index in [0.29, 0.717) is 0 Å². The third-order valence-corrected chi connectivity index (χ3v) is 5.83. The maximum Gasteiger partial charge on any atom is 0.0598 e. The number of benzene rings is 4. The highest BCUT2D eigenvalue weighted by Crippen LogP contribution is 2.37. The molecular weight excluding hydrogens is 378 g/mol. The SMILES string of the molecule is C[C@H](O)[C@@H](c1ccccc1)[C@@H](NC(c1ccccc1)c1ccccc1)c1ccccc1. The summed E-state index contributed by atoms with van der Waals surface area (Å²) in [6.07, 6.45) is -0.521. The first-order valence-corrected chi connectivity index (χ1v) is 10.9. The zero-order valence-electron chi connectivity index (χ0n) is 17.8. The molecule has 0 fully saturated rings. The van der Waals surface area contributed by atoms with Crippen molar-refractivity contribution in [2.45, 2.75) is 31.0 Å². The molecule has 0 aromatic heterocycles. The number of hydrogen-bond acceptors (Lipinski definition) is 2. The van der Waals surface area contributed by atoms with Crippen molar-refractivity contribution in [1.82, 2.24) is 5.32 Å². The van der Waals surface area contributed by atoms with Crippen LogP contribution in [0.4, 0.5) is 0 Å². The van der Waals surface area contributed by atoms with Crippen LogP contribution >= 0.6 is 0 Å². The first-order valence-electron chi connectivity index (χ1n) is 10.9. The van der Waals surface area contributed by atoms with Crippen LogP contribution in [-0.4, -0.2) is 11.2 Å². The average molecular weight is 408 g/mol. The largest absolute Gasteiger partial charge is 0.393 e. The molecule has 0 aliphatic rings. The van der Waals surface area contributed by atoms with Gasteiger partial charge in [-0.3, -0.25) is 5.32 Å². The fourth-order valence-electron chi connectivity index (χ4n) is 4.35. The summed E-state index contributed by atoms with van der Waals surface area (Å²) < 4.78 is 0. The number of nitrogens with one attached hydrogen (secondary N) is 1. The van der Waals surface area contributed by atoms with Gasteiger partial charge in [0.1, 0.15) is 0 Å². The van der Waals surface area contributed by atoms with Gasteiger partial charge in [0, 0.05) is 12.0 Å². The summed E-state index contributed by atoms with van der Waals surface area (Å²) in [4.78, 5) is 0. The van der Waals surface area contributed by atoms with Crippen molar-refractivity contribution in [2.75, 3.05) is 0 Å². The van der Waals surface area contributed by atoms with Crippen molar-refractivity contribution < 1.29 is 5.11 Å². The van der Waals surface area contributed by atoms with E-state index in [-0.39, 0.29) is 18.0 Å². The van der Waals surface area contributed by atoms with Crippen molar-refractivity contribution >= 4 is 0 Å². The third-order valence-electron chi connectivity index (χ3n) is 5.83. The van der Waals surface area contributed by atoms with Gasteiger partial charge >= 0.3 is 0 Å². The minimum atomic E-state index is -0.521.